The lowest BCUT2D eigenvalue weighted by atomic mass is 10.1. The normalized spacial score (nSPS) is 16.1. The van der Waals surface area contributed by atoms with Gasteiger partial charge >= 0.3 is 5.97 Å². The Bertz CT molecular complexity index is 1280. The molecule has 0 bridgehead atoms. The van der Waals surface area contributed by atoms with Crippen molar-refractivity contribution in [2.45, 2.75) is 31.8 Å². The van der Waals surface area contributed by atoms with E-state index in [1.807, 2.05) is 30.3 Å². The number of esters is 1. The number of sulfonamides is 1. The summed E-state index contributed by atoms with van der Waals surface area (Å²) in [5.74, 6) is -0.534. The molecule has 2 aromatic carbocycles. The number of hydrogen-bond acceptors (Lipinski definition) is 7. The summed E-state index contributed by atoms with van der Waals surface area (Å²) >= 11 is 0. The Hall–Kier alpha value is -3.50. The van der Waals surface area contributed by atoms with E-state index in [1.54, 1.807) is 32.2 Å². The molecule has 1 aliphatic rings. The zero-order chi connectivity index (χ0) is 25.0. The van der Waals surface area contributed by atoms with E-state index < -0.39 is 21.9 Å². The Labute approximate surface area is 204 Å². The van der Waals surface area contributed by atoms with Crippen LogP contribution in [0.5, 0.6) is 0 Å². The molecule has 1 amide bonds. The Morgan fingerprint density at radius 2 is 1.80 bits per heavy atom. The first-order valence-electron chi connectivity index (χ1n) is 11.4. The number of ether oxygens (including phenoxy) is 1. The summed E-state index contributed by atoms with van der Waals surface area (Å²) in [5.41, 5.74) is 1.40. The highest BCUT2D eigenvalue weighted by Crippen LogP contribution is 2.28. The van der Waals surface area contributed by atoms with E-state index in [1.165, 1.54) is 21.3 Å². The summed E-state index contributed by atoms with van der Waals surface area (Å²) in [6.45, 7) is 4.32. The van der Waals surface area contributed by atoms with Gasteiger partial charge in [0.1, 0.15) is 0 Å². The molecule has 2 heterocycles. The molecule has 4 rings (SSSR count). The molecule has 0 aliphatic carbocycles. The summed E-state index contributed by atoms with van der Waals surface area (Å²) in [5, 5.41) is 0. The van der Waals surface area contributed by atoms with Gasteiger partial charge in [0, 0.05) is 37.3 Å². The van der Waals surface area contributed by atoms with Crippen molar-refractivity contribution in [3.63, 3.8) is 0 Å². The molecule has 0 saturated carbocycles. The molecule has 0 unspecified atom stereocenters. The van der Waals surface area contributed by atoms with Gasteiger partial charge < -0.3 is 14.1 Å². The third-order valence-electron chi connectivity index (χ3n) is 5.90. The van der Waals surface area contributed by atoms with Crippen molar-refractivity contribution < 1.29 is 27.2 Å². The van der Waals surface area contributed by atoms with E-state index in [0.717, 1.165) is 5.56 Å². The Balaban J connectivity index is 1.36. The van der Waals surface area contributed by atoms with Gasteiger partial charge in [-0.15, -0.1) is 0 Å². The number of carbonyl (C=O) groups excluding carboxylic acids is 2. The van der Waals surface area contributed by atoms with Gasteiger partial charge in [-0.05, 0) is 24.3 Å². The van der Waals surface area contributed by atoms with E-state index in [9.17, 15) is 18.0 Å². The maximum absolute atomic E-state index is 12.7. The number of hydrogen-bond donors (Lipinski definition) is 0. The van der Waals surface area contributed by atoms with Crippen LogP contribution in [0.1, 0.15) is 26.2 Å². The van der Waals surface area contributed by atoms with Gasteiger partial charge in [-0.25, -0.2) is 13.4 Å². The van der Waals surface area contributed by atoms with Crippen molar-refractivity contribution in [3.8, 4) is 11.3 Å². The fraction of sp³-hybridized carbons (Fsp3) is 0.320. The van der Waals surface area contributed by atoms with Crippen molar-refractivity contribution in [1.29, 1.82) is 0 Å². The molecule has 1 atom stereocenters. The lowest BCUT2D eigenvalue weighted by Crippen LogP contribution is -2.30. The summed E-state index contributed by atoms with van der Waals surface area (Å²) < 4.78 is 37.7. The van der Waals surface area contributed by atoms with Crippen LogP contribution in [0.2, 0.25) is 0 Å². The van der Waals surface area contributed by atoms with Crippen molar-refractivity contribution in [1.82, 2.24) is 9.29 Å². The van der Waals surface area contributed by atoms with E-state index in [4.69, 9.17) is 9.15 Å². The van der Waals surface area contributed by atoms with Gasteiger partial charge in [0.05, 0.1) is 17.0 Å². The second kappa shape index (κ2) is 10.4. The van der Waals surface area contributed by atoms with E-state index in [-0.39, 0.29) is 36.3 Å². The van der Waals surface area contributed by atoms with E-state index in [2.05, 4.69) is 4.98 Å². The second-order valence-corrected chi connectivity index (χ2v) is 10.0. The first kappa shape index (κ1) is 24.6. The van der Waals surface area contributed by atoms with Crippen molar-refractivity contribution >= 4 is 27.6 Å². The van der Waals surface area contributed by atoms with Crippen LogP contribution in [0.4, 0.5) is 5.69 Å². The van der Waals surface area contributed by atoms with Gasteiger partial charge in [0.25, 0.3) is 0 Å². The predicted octanol–water partition coefficient (Wildman–Crippen LogP) is 3.47. The van der Waals surface area contributed by atoms with Crippen molar-refractivity contribution in [2.24, 2.45) is 5.92 Å². The maximum atomic E-state index is 12.7. The van der Waals surface area contributed by atoms with E-state index in [0.29, 0.717) is 24.5 Å². The molecule has 0 spiro atoms. The highest BCUT2D eigenvalue weighted by Gasteiger charge is 2.36. The summed E-state index contributed by atoms with van der Waals surface area (Å²) in [4.78, 5) is 30.9. The van der Waals surface area contributed by atoms with E-state index >= 15 is 0 Å². The zero-order valence-electron chi connectivity index (χ0n) is 19.6. The Kier molecular flexibility index (Phi) is 7.32. The molecular weight excluding hydrogens is 470 g/mol. The first-order chi connectivity index (χ1) is 16.8. The molecule has 1 aromatic heterocycles. The number of aromatic nitrogens is 1. The molecular formula is C25H27N3O6S. The Morgan fingerprint density at radius 3 is 2.46 bits per heavy atom. The van der Waals surface area contributed by atoms with Crippen molar-refractivity contribution in [2.75, 3.05) is 24.5 Å². The van der Waals surface area contributed by atoms with Gasteiger partial charge in [0.2, 0.25) is 21.8 Å². The number of benzene rings is 2. The molecule has 1 fully saturated rings. The maximum Gasteiger partial charge on any atom is 0.311 e. The summed E-state index contributed by atoms with van der Waals surface area (Å²) in [6.07, 6.45) is 1.59. The molecule has 184 valence electrons. The third-order valence-corrected chi connectivity index (χ3v) is 7.96. The number of oxazole rings is 1. The average molecular weight is 498 g/mol. The minimum absolute atomic E-state index is 0.0131. The fourth-order valence-electron chi connectivity index (χ4n) is 3.99. The zero-order valence-corrected chi connectivity index (χ0v) is 20.4. The van der Waals surface area contributed by atoms with Gasteiger partial charge in [-0.1, -0.05) is 44.2 Å². The van der Waals surface area contributed by atoms with Crippen LogP contribution in [0.15, 0.2) is 70.1 Å². The SMILES string of the molecule is CCN(CC)S(=O)(=O)c1ccc(N2C[C@H](C(=O)OCc3ncc(-c4ccccc4)o3)CC2=O)cc1. The predicted molar refractivity (Wildman–Crippen MR) is 129 cm³/mol. The van der Waals surface area contributed by atoms with Gasteiger partial charge in [-0.3, -0.25) is 9.59 Å². The van der Waals surface area contributed by atoms with Crippen LogP contribution in [0, 0.1) is 5.92 Å². The molecule has 1 saturated heterocycles. The van der Waals surface area contributed by atoms with Crippen LogP contribution in [0.3, 0.4) is 0 Å². The molecule has 3 aromatic rings. The lowest BCUT2D eigenvalue weighted by molar-refractivity contribution is -0.150. The monoisotopic (exact) mass is 497 g/mol. The standard InChI is InChI=1S/C25H27N3O6S/c1-3-27(4-2)35(31,32)21-12-10-20(11-13-21)28-16-19(14-24(28)29)25(30)33-17-23-26-15-22(34-23)18-8-6-5-7-9-18/h5-13,15,19H,3-4,14,16-17H2,1-2H3/t19-/m1/s1. The summed E-state index contributed by atoms with van der Waals surface area (Å²) in [6, 6.07) is 15.6. The van der Waals surface area contributed by atoms with Crippen molar-refractivity contribution in [3.05, 3.63) is 66.7 Å². The minimum Gasteiger partial charge on any atom is -0.455 e. The topological polar surface area (TPSA) is 110 Å². The average Bonchev–Trinajstić information content (AvgIpc) is 3.51. The fourth-order valence-corrected chi connectivity index (χ4v) is 5.45. The molecule has 0 N–H and O–H groups in total. The molecule has 1 aliphatic heterocycles. The molecule has 10 heteroatoms. The second-order valence-electron chi connectivity index (χ2n) is 8.08. The molecule has 35 heavy (non-hydrogen) atoms. The van der Waals surface area contributed by atoms with Crippen LogP contribution in [0.25, 0.3) is 11.3 Å². The van der Waals surface area contributed by atoms with Crippen LogP contribution in [-0.2, 0) is 31.0 Å². The first-order valence-corrected chi connectivity index (χ1v) is 12.8. The number of carbonyl (C=O) groups is 2. The molecule has 9 nitrogen and oxygen atoms in total. The summed E-state index contributed by atoms with van der Waals surface area (Å²) in [7, 11) is -3.59. The largest absolute Gasteiger partial charge is 0.455 e. The Morgan fingerprint density at radius 1 is 1.11 bits per heavy atom. The molecule has 0 radical (unpaired) electrons. The highest BCUT2D eigenvalue weighted by molar-refractivity contribution is 7.89. The third kappa shape index (κ3) is 5.28. The number of rotatable bonds is 9. The smallest absolute Gasteiger partial charge is 0.311 e. The van der Waals surface area contributed by atoms with Crippen LogP contribution >= 0.6 is 0 Å². The van der Waals surface area contributed by atoms with Crippen LogP contribution in [-0.4, -0.2) is 49.2 Å². The quantitative estimate of drug-likeness (QED) is 0.416. The van der Waals surface area contributed by atoms with Gasteiger partial charge in [0.15, 0.2) is 12.4 Å². The number of amides is 1. The minimum atomic E-state index is -3.59. The van der Waals surface area contributed by atoms with Crippen LogP contribution < -0.4 is 4.90 Å². The lowest BCUT2D eigenvalue weighted by Gasteiger charge is -2.20. The number of anilines is 1. The van der Waals surface area contributed by atoms with Gasteiger partial charge in [-0.2, -0.15) is 4.31 Å². The number of nitrogens with zero attached hydrogens (tertiary/aromatic N) is 3. The highest BCUT2D eigenvalue weighted by atomic mass is 32.2.